The van der Waals surface area contributed by atoms with Crippen molar-refractivity contribution in [3.05, 3.63) is 57.3 Å². The Labute approximate surface area is 143 Å². The molecule has 0 radical (unpaired) electrons. The van der Waals surface area contributed by atoms with E-state index in [0.29, 0.717) is 0 Å². The summed E-state index contributed by atoms with van der Waals surface area (Å²) >= 11 is 3.09. The molecule has 0 aliphatic carbocycles. The van der Waals surface area contributed by atoms with Gasteiger partial charge in [0.15, 0.2) is 11.6 Å². The van der Waals surface area contributed by atoms with Crippen LogP contribution in [-0.4, -0.2) is 5.91 Å². The number of rotatable bonds is 5. The quantitative estimate of drug-likeness (QED) is 0.818. The number of alkyl halides is 2. The van der Waals surface area contributed by atoms with Crippen molar-refractivity contribution in [1.82, 2.24) is 0 Å². The van der Waals surface area contributed by atoms with Crippen molar-refractivity contribution in [1.29, 1.82) is 5.26 Å². The summed E-state index contributed by atoms with van der Waals surface area (Å²) in [5, 5.41) is 8.90. The second-order valence-electron chi connectivity index (χ2n) is 4.80. The third kappa shape index (κ3) is 4.06. The molecule has 124 valence electrons. The molecule has 1 amide bonds. The second kappa shape index (κ2) is 7.36. The monoisotopic (exact) mass is 398 g/mol. The largest absolute Gasteiger partial charge is 0.453 e. The first kappa shape index (κ1) is 17.8. The molecule has 24 heavy (non-hydrogen) atoms. The van der Waals surface area contributed by atoms with Gasteiger partial charge < -0.3 is 10.5 Å². The van der Waals surface area contributed by atoms with Crippen molar-refractivity contribution in [3.63, 3.8) is 0 Å². The van der Waals surface area contributed by atoms with Crippen LogP contribution in [0.25, 0.3) is 0 Å². The summed E-state index contributed by atoms with van der Waals surface area (Å²) in [4.78, 5) is 11.0. The van der Waals surface area contributed by atoms with Gasteiger partial charge in [-0.2, -0.15) is 5.26 Å². The number of nitrogens with zero attached hydrogens (tertiary/aromatic N) is 1. The van der Waals surface area contributed by atoms with Crippen LogP contribution in [0.2, 0.25) is 0 Å². The Bertz CT molecular complexity index is 835. The van der Waals surface area contributed by atoms with Gasteiger partial charge in [0.1, 0.15) is 5.75 Å². The Kier molecular flexibility index (Phi) is 5.46. The first-order valence-corrected chi connectivity index (χ1v) is 7.37. The number of hydrogen-bond acceptors (Lipinski definition) is 3. The summed E-state index contributed by atoms with van der Waals surface area (Å²) in [6.07, 6.45) is -3.15. The van der Waals surface area contributed by atoms with E-state index in [-0.39, 0.29) is 33.5 Å². The van der Waals surface area contributed by atoms with Crippen LogP contribution < -0.4 is 10.5 Å². The molecule has 0 fully saturated rings. The van der Waals surface area contributed by atoms with E-state index in [1.165, 1.54) is 18.2 Å². The number of nitrogens with two attached hydrogens (primary N) is 1. The fraction of sp³-hybridized carbons (Fsp3) is 0.125. The molecule has 0 saturated heterocycles. The van der Waals surface area contributed by atoms with E-state index in [1.54, 1.807) is 6.07 Å². The first-order chi connectivity index (χ1) is 11.3. The summed E-state index contributed by atoms with van der Waals surface area (Å²) in [5.41, 5.74) is 4.58. The zero-order valence-electron chi connectivity index (χ0n) is 12.0. The molecule has 4 nitrogen and oxygen atoms in total. The molecular formula is C16H10BrF3N2O2. The highest BCUT2D eigenvalue weighted by Crippen LogP contribution is 2.36. The van der Waals surface area contributed by atoms with Crippen LogP contribution in [-0.2, 0) is 11.2 Å². The lowest BCUT2D eigenvalue weighted by Gasteiger charge is -2.13. The predicted octanol–water partition coefficient (Wildman–Crippen LogP) is 4.22. The van der Waals surface area contributed by atoms with Crippen LogP contribution in [0, 0.1) is 17.1 Å². The topological polar surface area (TPSA) is 76.1 Å². The number of halogens is 4. The highest BCUT2D eigenvalue weighted by Gasteiger charge is 2.17. The molecule has 0 aromatic heterocycles. The van der Waals surface area contributed by atoms with Crippen molar-refractivity contribution in [2.45, 2.75) is 12.8 Å². The number of hydrogen-bond donors (Lipinski definition) is 1. The molecule has 0 heterocycles. The average Bonchev–Trinajstić information content (AvgIpc) is 2.53. The van der Waals surface area contributed by atoms with E-state index in [0.717, 1.165) is 12.1 Å². The molecule has 0 aliphatic rings. The molecule has 2 aromatic rings. The minimum absolute atomic E-state index is 0.00576. The molecule has 0 aliphatic heterocycles. The lowest BCUT2D eigenvalue weighted by molar-refractivity contribution is -0.117. The Morgan fingerprint density at radius 1 is 1.33 bits per heavy atom. The van der Waals surface area contributed by atoms with Crippen molar-refractivity contribution in [3.8, 4) is 17.6 Å². The van der Waals surface area contributed by atoms with Crippen LogP contribution in [0.3, 0.4) is 0 Å². The van der Waals surface area contributed by atoms with Gasteiger partial charge in [-0.1, -0.05) is 6.07 Å². The number of carbonyl (C=O) groups excluding carboxylic acids is 1. The van der Waals surface area contributed by atoms with Gasteiger partial charge >= 0.3 is 0 Å². The van der Waals surface area contributed by atoms with Gasteiger partial charge in [0.2, 0.25) is 5.91 Å². The highest BCUT2D eigenvalue weighted by atomic mass is 79.9. The van der Waals surface area contributed by atoms with Crippen LogP contribution in [0.4, 0.5) is 13.2 Å². The van der Waals surface area contributed by atoms with Gasteiger partial charge in [-0.05, 0) is 40.2 Å². The molecule has 0 spiro atoms. The molecule has 2 rings (SSSR count). The molecule has 0 unspecified atom stereocenters. The Hall–Kier alpha value is -2.53. The minimum Gasteiger partial charge on any atom is -0.453 e. The van der Waals surface area contributed by atoms with Gasteiger partial charge in [0.05, 0.1) is 22.5 Å². The summed E-state index contributed by atoms with van der Waals surface area (Å²) in [6.45, 7) is 0. The summed E-state index contributed by atoms with van der Waals surface area (Å²) in [6, 6.07) is 7.77. The normalized spacial score (nSPS) is 10.5. The van der Waals surface area contributed by atoms with Crippen molar-refractivity contribution in [2.75, 3.05) is 0 Å². The molecule has 0 atom stereocenters. The fourth-order valence-corrected chi connectivity index (χ4v) is 2.37. The van der Waals surface area contributed by atoms with E-state index in [2.05, 4.69) is 15.9 Å². The average molecular weight is 399 g/mol. The number of amides is 1. The Morgan fingerprint density at radius 2 is 2.04 bits per heavy atom. The molecule has 2 N–H and O–H groups in total. The maximum atomic E-state index is 14.4. The number of nitriles is 1. The van der Waals surface area contributed by atoms with Crippen molar-refractivity contribution < 1.29 is 22.7 Å². The van der Waals surface area contributed by atoms with E-state index in [1.807, 2.05) is 0 Å². The van der Waals surface area contributed by atoms with Crippen LogP contribution in [0.1, 0.15) is 23.1 Å². The molecular weight excluding hydrogens is 389 g/mol. The second-order valence-corrected chi connectivity index (χ2v) is 5.65. The molecule has 2 aromatic carbocycles. The smallest absolute Gasteiger partial charge is 0.264 e. The Balaban J connectivity index is 2.46. The predicted molar refractivity (Wildman–Crippen MR) is 83.2 cm³/mol. The Morgan fingerprint density at radius 3 is 2.62 bits per heavy atom. The van der Waals surface area contributed by atoms with E-state index in [9.17, 15) is 18.0 Å². The highest BCUT2D eigenvalue weighted by molar-refractivity contribution is 9.10. The third-order valence-corrected chi connectivity index (χ3v) is 3.65. The summed E-state index contributed by atoms with van der Waals surface area (Å²) in [7, 11) is 0. The first-order valence-electron chi connectivity index (χ1n) is 6.58. The lowest BCUT2D eigenvalue weighted by Crippen LogP contribution is -2.14. The van der Waals surface area contributed by atoms with Crippen molar-refractivity contribution >= 4 is 21.8 Å². The SMILES string of the molecule is N#Cc1cc(Oc2c(Br)ccc(CC(N)=O)c2F)cc(C(F)F)c1. The van der Waals surface area contributed by atoms with Crippen molar-refractivity contribution in [2.24, 2.45) is 5.73 Å². The van der Waals surface area contributed by atoms with Gasteiger partial charge in [-0.25, -0.2) is 13.2 Å². The summed E-state index contributed by atoms with van der Waals surface area (Å²) < 4.78 is 45.7. The zero-order chi connectivity index (χ0) is 17.9. The van der Waals surface area contributed by atoms with E-state index < -0.39 is 23.7 Å². The number of carbonyl (C=O) groups is 1. The van der Waals surface area contributed by atoms with E-state index >= 15 is 0 Å². The fourth-order valence-electron chi connectivity index (χ4n) is 1.98. The van der Waals surface area contributed by atoms with Crippen LogP contribution in [0.5, 0.6) is 11.5 Å². The third-order valence-electron chi connectivity index (χ3n) is 3.02. The molecule has 0 bridgehead atoms. The minimum atomic E-state index is -2.81. The van der Waals surface area contributed by atoms with Gasteiger partial charge in [-0.3, -0.25) is 4.79 Å². The maximum absolute atomic E-state index is 14.4. The van der Waals surface area contributed by atoms with Crippen LogP contribution in [0.15, 0.2) is 34.8 Å². The molecule has 0 saturated carbocycles. The van der Waals surface area contributed by atoms with E-state index in [4.69, 9.17) is 15.7 Å². The maximum Gasteiger partial charge on any atom is 0.264 e. The number of primary amides is 1. The lowest BCUT2D eigenvalue weighted by atomic mass is 10.1. The van der Waals surface area contributed by atoms with Gasteiger partial charge in [0, 0.05) is 11.1 Å². The number of ether oxygens (including phenoxy) is 1. The van der Waals surface area contributed by atoms with Crippen LogP contribution >= 0.6 is 15.9 Å². The standard InChI is InChI=1S/C16H10BrF3N2O2/c17-12-2-1-9(6-13(22)23)14(18)15(12)24-11-4-8(7-21)3-10(5-11)16(19)20/h1-5,16H,6H2,(H2,22,23). The number of benzene rings is 2. The summed E-state index contributed by atoms with van der Waals surface area (Å²) in [5.74, 6) is -1.98. The van der Waals surface area contributed by atoms with Gasteiger partial charge in [0.25, 0.3) is 6.43 Å². The molecule has 8 heteroatoms. The zero-order valence-corrected chi connectivity index (χ0v) is 13.6. The van der Waals surface area contributed by atoms with Gasteiger partial charge in [-0.15, -0.1) is 0 Å².